The maximum absolute atomic E-state index is 8.82. The average molecular weight is 279 g/mol. The van der Waals surface area contributed by atoms with Crippen LogP contribution >= 0.6 is 0 Å². The van der Waals surface area contributed by atoms with Crippen molar-refractivity contribution in [2.75, 3.05) is 0 Å². The van der Waals surface area contributed by atoms with Crippen LogP contribution in [0.1, 0.15) is 0 Å². The van der Waals surface area contributed by atoms with E-state index >= 15 is 0 Å². The van der Waals surface area contributed by atoms with Crippen molar-refractivity contribution in [1.29, 1.82) is 0 Å². The van der Waals surface area contributed by atoms with Crippen molar-refractivity contribution in [3.8, 4) is 0 Å². The fourth-order valence-corrected chi connectivity index (χ4v) is 0.577. The van der Waals surface area contributed by atoms with Gasteiger partial charge in [-0.1, -0.05) is 0 Å². The Labute approximate surface area is 64.6 Å². The monoisotopic (exact) mass is 278 g/mol. The van der Waals surface area contributed by atoms with Gasteiger partial charge in [-0.15, -0.1) is 0 Å². The van der Waals surface area contributed by atoms with Crippen LogP contribution < -0.4 is 0 Å². The van der Waals surface area contributed by atoms with Gasteiger partial charge in [-0.2, -0.15) is 0 Å². The maximum atomic E-state index is 8.82. The number of rotatable bonds is 0. The SMILES string of the molecule is C1=[CH][Sb]=[CH]1.[O]=[Cr](=[O])([OH])[OH]. The van der Waals surface area contributed by atoms with Crippen molar-refractivity contribution in [2.45, 2.75) is 0 Å². The third kappa shape index (κ3) is 17.7. The topological polar surface area (TPSA) is 74.6 Å². The molecule has 0 saturated heterocycles. The van der Waals surface area contributed by atoms with E-state index in [2.05, 4.69) is 14.0 Å². The molecule has 9 heavy (non-hydrogen) atoms. The van der Waals surface area contributed by atoms with E-state index in [0.717, 1.165) is 0 Å². The standard InChI is InChI=1S/C3H3.Cr.2H2O.2O.Sb/c1-3-2;;;;;;/h1-3H;;2*1H2;;;/q;+2;;;;;/p-2. The van der Waals surface area contributed by atoms with Gasteiger partial charge in [0.1, 0.15) is 0 Å². The third-order valence-corrected chi connectivity index (χ3v) is 2.31. The first-order chi connectivity index (χ1) is 4.00. The molecule has 0 spiro atoms. The normalized spacial score (nSPS) is 13.6. The molecule has 0 aromatic carbocycles. The molecule has 0 atom stereocenters. The molecule has 0 amide bonds. The van der Waals surface area contributed by atoms with Gasteiger partial charge in [0.15, 0.2) is 0 Å². The van der Waals surface area contributed by atoms with E-state index in [-0.39, 0.29) is 21.1 Å². The Morgan fingerprint density at radius 1 is 1.33 bits per heavy atom. The van der Waals surface area contributed by atoms with Crippen molar-refractivity contribution in [3.05, 3.63) is 10.1 Å². The van der Waals surface area contributed by atoms with E-state index in [1.54, 1.807) is 0 Å². The van der Waals surface area contributed by atoms with Gasteiger partial charge < -0.3 is 0 Å². The summed E-state index contributed by atoms with van der Waals surface area (Å²) in [6.07, 6.45) is 2.12. The molecule has 6 heteroatoms. The number of hydrogen-bond donors (Lipinski definition) is 2. The second-order valence-corrected chi connectivity index (χ2v) is 5.04. The van der Waals surface area contributed by atoms with E-state index in [1.165, 1.54) is 0 Å². The summed E-state index contributed by atoms with van der Waals surface area (Å²) in [7, 11) is 0. The Morgan fingerprint density at radius 2 is 1.44 bits per heavy atom. The van der Waals surface area contributed by atoms with Crippen molar-refractivity contribution in [1.82, 2.24) is 0 Å². The van der Waals surface area contributed by atoms with Crippen molar-refractivity contribution in [3.63, 3.8) is 0 Å². The summed E-state index contributed by atoms with van der Waals surface area (Å²) in [5, 5.41) is 0. The quantitative estimate of drug-likeness (QED) is 0.538. The molecule has 0 saturated carbocycles. The number of allylic oxidation sites excluding steroid dienone is 1. The van der Waals surface area contributed by atoms with Crippen molar-refractivity contribution in [2.24, 2.45) is 0 Å². The van der Waals surface area contributed by atoms with E-state index in [9.17, 15) is 0 Å². The Kier molecular flexibility index (Phi) is 4.55. The molecule has 4 nitrogen and oxygen atoms in total. The summed E-state index contributed by atoms with van der Waals surface area (Å²) in [6.45, 7) is 0. The van der Waals surface area contributed by atoms with Gasteiger partial charge >= 0.3 is 64.7 Å². The predicted octanol–water partition coefficient (Wildman–Crippen LogP) is -1.33. The van der Waals surface area contributed by atoms with E-state index < -0.39 is 13.6 Å². The Morgan fingerprint density at radius 3 is 1.44 bits per heavy atom. The van der Waals surface area contributed by atoms with Crippen LogP contribution in [-0.4, -0.2) is 33.4 Å². The first-order valence-electron chi connectivity index (χ1n) is 1.88. The fourth-order valence-electron chi connectivity index (χ4n) is 0.0861. The average Bonchev–Trinajstić information content (AvgIpc) is 1.12. The van der Waals surface area contributed by atoms with Crippen LogP contribution in [0.3, 0.4) is 0 Å². The van der Waals surface area contributed by atoms with Gasteiger partial charge in [0.25, 0.3) is 0 Å². The zero-order chi connectivity index (χ0) is 7.33. The van der Waals surface area contributed by atoms with Crippen LogP contribution in [0.2, 0.25) is 0 Å². The van der Waals surface area contributed by atoms with Gasteiger partial charge in [-0.25, -0.2) is 0 Å². The minimum atomic E-state index is -5.25. The summed E-state index contributed by atoms with van der Waals surface area (Å²) in [6, 6.07) is 0. The summed E-state index contributed by atoms with van der Waals surface area (Å²) in [4.78, 5) is 0. The Balaban J connectivity index is 0.000000144. The molecule has 0 unspecified atom stereocenters. The van der Waals surface area contributed by atoms with E-state index in [1.807, 2.05) is 0 Å². The molecule has 0 aromatic rings. The molecule has 0 aliphatic carbocycles. The van der Waals surface area contributed by atoms with Crippen LogP contribution in [0.25, 0.3) is 0 Å². The molecule has 0 bridgehead atoms. The molecule has 1 heterocycles. The zero-order valence-corrected chi connectivity index (χ0v) is 8.13. The molecule has 1 aliphatic heterocycles. The summed E-state index contributed by atoms with van der Waals surface area (Å²) < 4.78 is 36.4. The molecule has 2 N–H and O–H groups in total. The van der Waals surface area contributed by atoms with Gasteiger partial charge in [0.2, 0.25) is 0 Å². The Bertz CT molecular complexity index is 188. The van der Waals surface area contributed by atoms with E-state index in [0.29, 0.717) is 0 Å². The minimum absolute atomic E-state index is 0.228. The molecule has 0 radical (unpaired) electrons. The second-order valence-electron chi connectivity index (χ2n) is 1.09. The molecule has 0 fully saturated rings. The van der Waals surface area contributed by atoms with Gasteiger partial charge in [0, 0.05) is 0 Å². The molecule has 1 rings (SSSR count). The number of hydrogen-bond acceptors (Lipinski definition) is 2. The molecule has 52 valence electrons. The predicted molar refractivity (Wildman–Crippen MR) is 26.8 cm³/mol. The first-order valence-corrected chi connectivity index (χ1v) is 7.01. The van der Waals surface area contributed by atoms with Gasteiger partial charge in [0.05, 0.1) is 0 Å². The van der Waals surface area contributed by atoms with Crippen LogP contribution in [0, 0.1) is 0 Å². The van der Waals surface area contributed by atoms with Crippen LogP contribution in [0.15, 0.2) is 10.1 Å². The summed E-state index contributed by atoms with van der Waals surface area (Å²) >= 11 is -5.02. The van der Waals surface area contributed by atoms with Crippen LogP contribution in [-0.2, 0) is 21.2 Å². The zero-order valence-electron chi connectivity index (χ0n) is 4.30. The van der Waals surface area contributed by atoms with Gasteiger partial charge in [-0.05, 0) is 0 Å². The Hall–Kier alpha value is 0.481. The summed E-state index contributed by atoms with van der Waals surface area (Å²) in [5.41, 5.74) is 0. The van der Waals surface area contributed by atoms with Crippen LogP contribution in [0.4, 0.5) is 0 Å². The molecule has 0 aromatic heterocycles. The second kappa shape index (κ2) is 4.32. The fraction of sp³-hybridized carbons (Fsp3) is 0. The molecular formula is C3H5CrO4Sb. The molecule has 1 aliphatic rings. The third-order valence-electron chi connectivity index (χ3n) is 0.344. The van der Waals surface area contributed by atoms with Gasteiger partial charge in [-0.3, -0.25) is 0 Å². The molecular weight excluding hydrogens is 274 g/mol. The van der Waals surface area contributed by atoms with Crippen LogP contribution in [0.5, 0.6) is 0 Å². The van der Waals surface area contributed by atoms with Crippen molar-refractivity contribution < 1.29 is 29.5 Å². The van der Waals surface area contributed by atoms with E-state index in [4.69, 9.17) is 15.9 Å². The van der Waals surface area contributed by atoms with Crippen molar-refractivity contribution >= 4 is 25.1 Å². The first kappa shape index (κ1) is 9.48. The summed E-state index contributed by atoms with van der Waals surface area (Å²) in [5.74, 6) is 0.